The van der Waals surface area contributed by atoms with Gasteiger partial charge in [0.1, 0.15) is 29.7 Å². The molecular formula is C32H27F2N7O. The molecule has 1 unspecified atom stereocenters. The van der Waals surface area contributed by atoms with Crippen LogP contribution >= 0.6 is 0 Å². The van der Waals surface area contributed by atoms with Crippen molar-refractivity contribution in [3.63, 3.8) is 0 Å². The number of nitrogens with one attached hydrogen (secondary N) is 1. The first kappa shape index (κ1) is 26.0. The molecule has 0 radical (unpaired) electrons. The van der Waals surface area contributed by atoms with Gasteiger partial charge in [0.05, 0.1) is 17.6 Å². The van der Waals surface area contributed by atoms with Gasteiger partial charge in [-0.25, -0.2) is 23.4 Å². The fraction of sp³-hybridized carbons (Fsp3) is 0.250. The number of fused-ring (bicyclic) bond motifs is 4. The molecule has 2 N–H and O–H groups in total. The van der Waals surface area contributed by atoms with Gasteiger partial charge in [0, 0.05) is 35.0 Å². The summed E-state index contributed by atoms with van der Waals surface area (Å²) in [5, 5.41) is 30.3. The Hall–Kier alpha value is -4.88. The van der Waals surface area contributed by atoms with Crippen LogP contribution in [0.3, 0.4) is 0 Å². The predicted molar refractivity (Wildman–Crippen MR) is 156 cm³/mol. The van der Waals surface area contributed by atoms with Gasteiger partial charge in [-0.2, -0.15) is 10.4 Å². The number of hydrogen-bond acceptors (Lipinski definition) is 6. The Bertz CT molecular complexity index is 2060. The van der Waals surface area contributed by atoms with Crippen LogP contribution in [0.15, 0.2) is 55.1 Å². The maximum Gasteiger partial charge on any atom is 0.165 e. The van der Waals surface area contributed by atoms with Crippen molar-refractivity contribution in [2.75, 3.05) is 13.1 Å². The highest BCUT2D eigenvalue weighted by Crippen LogP contribution is 2.43. The highest BCUT2D eigenvalue weighted by atomic mass is 19.1. The van der Waals surface area contributed by atoms with E-state index in [1.807, 2.05) is 13.0 Å². The van der Waals surface area contributed by atoms with Crippen molar-refractivity contribution in [1.82, 2.24) is 29.6 Å². The van der Waals surface area contributed by atoms with Crippen molar-refractivity contribution >= 4 is 32.6 Å². The summed E-state index contributed by atoms with van der Waals surface area (Å²) in [5.74, 6) is -0.378. The lowest BCUT2D eigenvalue weighted by atomic mass is 9.90. The molecule has 3 aromatic heterocycles. The van der Waals surface area contributed by atoms with Crippen molar-refractivity contribution in [3.8, 4) is 28.8 Å². The van der Waals surface area contributed by atoms with E-state index in [1.54, 1.807) is 6.07 Å². The number of phenolic OH excluding ortho intramolecular Hbond substituents is 1. The first-order chi connectivity index (χ1) is 20.4. The van der Waals surface area contributed by atoms with Crippen LogP contribution in [0.1, 0.15) is 30.6 Å². The molecular weight excluding hydrogens is 536 g/mol. The van der Waals surface area contributed by atoms with E-state index in [2.05, 4.69) is 39.0 Å². The van der Waals surface area contributed by atoms with E-state index in [4.69, 9.17) is 4.98 Å². The van der Waals surface area contributed by atoms with Gasteiger partial charge >= 0.3 is 0 Å². The SMILES string of the molecule is Cc1cc2c(-n3cncn3)nc3c(F)c(-c4cc(O)cc5ccc(F)cc45)c(CCC#N)cc3c2n1C1CNC[C@H]1C. The Morgan fingerprint density at radius 3 is 2.69 bits per heavy atom. The van der Waals surface area contributed by atoms with Crippen LogP contribution in [-0.2, 0) is 6.42 Å². The van der Waals surface area contributed by atoms with Gasteiger partial charge in [-0.3, -0.25) is 0 Å². The lowest BCUT2D eigenvalue weighted by Crippen LogP contribution is -2.17. The molecule has 0 amide bonds. The Balaban J connectivity index is 1.64. The summed E-state index contributed by atoms with van der Waals surface area (Å²) < 4.78 is 35.4. The van der Waals surface area contributed by atoms with Gasteiger partial charge in [-0.15, -0.1) is 0 Å². The minimum atomic E-state index is -0.608. The first-order valence-electron chi connectivity index (χ1n) is 13.9. The zero-order valence-electron chi connectivity index (χ0n) is 23.1. The smallest absolute Gasteiger partial charge is 0.165 e. The maximum absolute atomic E-state index is 17.2. The lowest BCUT2D eigenvalue weighted by Gasteiger charge is -2.22. The van der Waals surface area contributed by atoms with Gasteiger partial charge in [0.15, 0.2) is 11.6 Å². The highest BCUT2D eigenvalue weighted by Gasteiger charge is 2.30. The van der Waals surface area contributed by atoms with Gasteiger partial charge < -0.3 is 15.0 Å². The van der Waals surface area contributed by atoms with E-state index in [0.717, 1.165) is 29.7 Å². The number of pyridine rings is 1. The Labute approximate surface area is 239 Å². The largest absolute Gasteiger partial charge is 0.508 e. The molecule has 6 aromatic rings. The number of nitrogens with zero attached hydrogens (tertiary/aromatic N) is 6. The monoisotopic (exact) mass is 563 g/mol. The third-order valence-electron chi connectivity index (χ3n) is 8.39. The number of rotatable bonds is 5. The molecule has 4 heterocycles. The normalized spacial score (nSPS) is 17.0. The quantitative estimate of drug-likeness (QED) is 0.262. The minimum Gasteiger partial charge on any atom is -0.508 e. The predicted octanol–water partition coefficient (Wildman–Crippen LogP) is 6.12. The molecule has 0 saturated carbocycles. The number of hydrogen-bond donors (Lipinski definition) is 2. The summed E-state index contributed by atoms with van der Waals surface area (Å²) in [6.07, 6.45) is 3.36. The molecule has 1 fully saturated rings. The number of aryl methyl sites for hydroxylation is 2. The van der Waals surface area contributed by atoms with Gasteiger partial charge in [-0.05, 0) is 84.1 Å². The standard InChI is InChI=1S/C32H27F2N7O/c1-17-13-36-14-27(17)41-18(2)8-26-31(41)25-10-20(4-3-7-35)28(29(34)30(25)39-32(26)40-16-37-15-38-40)24-12-22(42)9-19-5-6-21(33)11-23(19)24/h5-6,8-12,15-17,27,36,42H,3-4,13-14H2,1-2H3/t17-,27?/m1/s1. The van der Waals surface area contributed by atoms with E-state index in [-0.39, 0.29) is 35.7 Å². The Morgan fingerprint density at radius 1 is 1.10 bits per heavy atom. The molecule has 8 nitrogen and oxygen atoms in total. The van der Waals surface area contributed by atoms with E-state index in [1.165, 1.54) is 41.6 Å². The molecule has 0 aliphatic carbocycles. The fourth-order valence-electron chi connectivity index (χ4n) is 6.51. The molecule has 10 heteroatoms. The molecule has 210 valence electrons. The molecule has 1 aliphatic heterocycles. The van der Waals surface area contributed by atoms with Crippen molar-refractivity contribution in [3.05, 3.63) is 78.0 Å². The van der Waals surface area contributed by atoms with Crippen LogP contribution < -0.4 is 5.32 Å². The van der Waals surface area contributed by atoms with Crippen molar-refractivity contribution < 1.29 is 13.9 Å². The number of benzene rings is 3. The van der Waals surface area contributed by atoms with E-state index in [9.17, 15) is 14.8 Å². The van der Waals surface area contributed by atoms with Gasteiger partial charge in [-0.1, -0.05) is 13.0 Å². The third-order valence-corrected chi connectivity index (χ3v) is 8.39. The summed E-state index contributed by atoms with van der Waals surface area (Å²) in [7, 11) is 0. The number of nitriles is 1. The van der Waals surface area contributed by atoms with Crippen molar-refractivity contribution in [1.29, 1.82) is 5.26 Å². The summed E-state index contributed by atoms with van der Waals surface area (Å²) in [4.78, 5) is 8.93. The minimum absolute atomic E-state index is 0.0752. The zero-order valence-corrected chi connectivity index (χ0v) is 23.1. The fourth-order valence-corrected chi connectivity index (χ4v) is 6.51. The van der Waals surface area contributed by atoms with Gasteiger partial charge in [0.2, 0.25) is 0 Å². The average molecular weight is 564 g/mol. The summed E-state index contributed by atoms with van der Waals surface area (Å²) in [6.45, 7) is 5.88. The molecule has 42 heavy (non-hydrogen) atoms. The van der Waals surface area contributed by atoms with Crippen LogP contribution in [0.4, 0.5) is 8.78 Å². The lowest BCUT2D eigenvalue weighted by molar-refractivity contribution is 0.443. The second kappa shape index (κ2) is 9.89. The Morgan fingerprint density at radius 2 is 1.95 bits per heavy atom. The number of aromatic hydroxyl groups is 1. The van der Waals surface area contributed by atoms with Crippen LogP contribution in [0, 0.1) is 35.8 Å². The van der Waals surface area contributed by atoms with Gasteiger partial charge in [0.25, 0.3) is 0 Å². The summed E-state index contributed by atoms with van der Waals surface area (Å²) >= 11 is 0. The number of phenols is 1. The maximum atomic E-state index is 17.2. The molecule has 7 rings (SSSR count). The van der Waals surface area contributed by atoms with E-state index < -0.39 is 11.6 Å². The topological polar surface area (TPSA) is 105 Å². The second-order valence-electron chi connectivity index (χ2n) is 11.0. The van der Waals surface area contributed by atoms with Crippen LogP contribution in [0.2, 0.25) is 0 Å². The van der Waals surface area contributed by atoms with E-state index in [0.29, 0.717) is 39.0 Å². The summed E-state index contributed by atoms with van der Waals surface area (Å²) in [6, 6.07) is 13.4. The highest BCUT2D eigenvalue weighted by molar-refractivity contribution is 6.10. The zero-order chi connectivity index (χ0) is 29.1. The third kappa shape index (κ3) is 4.00. The molecule has 1 saturated heterocycles. The molecule has 0 spiro atoms. The Kier molecular flexibility index (Phi) is 6.13. The first-order valence-corrected chi connectivity index (χ1v) is 13.9. The molecule has 1 aliphatic rings. The number of halogens is 2. The van der Waals surface area contributed by atoms with Crippen molar-refractivity contribution in [2.24, 2.45) is 5.92 Å². The average Bonchev–Trinajstić information content (AvgIpc) is 3.72. The van der Waals surface area contributed by atoms with Crippen LogP contribution in [-0.4, -0.2) is 42.5 Å². The molecule has 0 bridgehead atoms. The number of aromatic nitrogens is 5. The van der Waals surface area contributed by atoms with Crippen LogP contribution in [0.25, 0.3) is 49.5 Å². The second-order valence-corrected chi connectivity index (χ2v) is 11.0. The van der Waals surface area contributed by atoms with E-state index >= 15 is 4.39 Å². The van der Waals surface area contributed by atoms with Crippen molar-refractivity contribution in [2.45, 2.75) is 32.7 Å². The summed E-state index contributed by atoms with van der Waals surface area (Å²) in [5.41, 5.74) is 3.07. The molecule has 3 aromatic carbocycles. The van der Waals surface area contributed by atoms with Crippen LogP contribution in [0.5, 0.6) is 5.75 Å². The molecule has 2 atom stereocenters.